The fourth-order valence-corrected chi connectivity index (χ4v) is 2.42. The molecule has 2 N–H and O–H groups in total. The summed E-state index contributed by atoms with van der Waals surface area (Å²) in [6, 6.07) is 16.6. The second-order valence-corrected chi connectivity index (χ2v) is 4.70. The molecule has 2 nitrogen and oxygen atoms in total. The predicted molar refractivity (Wildman–Crippen MR) is 76.6 cm³/mol. The smallest absolute Gasteiger partial charge is 0.0480 e. The maximum Gasteiger partial charge on any atom is 0.0480 e. The van der Waals surface area contributed by atoms with Gasteiger partial charge in [-0.1, -0.05) is 30.3 Å². The maximum atomic E-state index is 5.71. The average molecular weight is 236 g/mol. The lowest BCUT2D eigenvalue weighted by Gasteiger charge is -2.01. The summed E-state index contributed by atoms with van der Waals surface area (Å²) >= 11 is 0. The van der Waals surface area contributed by atoms with Crippen LogP contribution in [-0.4, -0.2) is 4.57 Å². The van der Waals surface area contributed by atoms with Gasteiger partial charge in [-0.05, 0) is 35.7 Å². The third-order valence-electron chi connectivity index (χ3n) is 3.35. The van der Waals surface area contributed by atoms with Gasteiger partial charge in [-0.3, -0.25) is 0 Å². The van der Waals surface area contributed by atoms with Gasteiger partial charge in [-0.15, -0.1) is 0 Å². The fourth-order valence-electron chi connectivity index (χ4n) is 2.42. The van der Waals surface area contributed by atoms with E-state index in [1.54, 1.807) is 0 Å². The summed E-state index contributed by atoms with van der Waals surface area (Å²) in [6.45, 7) is 0. The van der Waals surface area contributed by atoms with Crippen molar-refractivity contribution in [3.63, 3.8) is 0 Å². The molecule has 90 valence electrons. The van der Waals surface area contributed by atoms with Gasteiger partial charge in [-0.25, -0.2) is 0 Å². The molecular weight excluding hydrogens is 220 g/mol. The van der Waals surface area contributed by atoms with Gasteiger partial charge in [0, 0.05) is 29.8 Å². The molecule has 0 spiro atoms. The molecule has 0 aliphatic carbocycles. The first-order valence-electron chi connectivity index (χ1n) is 6.11. The van der Waals surface area contributed by atoms with E-state index in [4.69, 9.17) is 5.73 Å². The molecule has 0 saturated heterocycles. The van der Waals surface area contributed by atoms with Crippen molar-refractivity contribution >= 4 is 16.6 Å². The van der Waals surface area contributed by atoms with Crippen LogP contribution in [0.4, 0.5) is 5.69 Å². The van der Waals surface area contributed by atoms with Crippen LogP contribution in [-0.2, 0) is 13.5 Å². The van der Waals surface area contributed by atoms with E-state index in [9.17, 15) is 0 Å². The van der Waals surface area contributed by atoms with Gasteiger partial charge < -0.3 is 10.3 Å². The first kappa shape index (κ1) is 10.9. The Kier molecular flexibility index (Phi) is 2.56. The number of aryl methyl sites for hydroxylation is 1. The molecule has 0 radical (unpaired) electrons. The summed E-state index contributed by atoms with van der Waals surface area (Å²) < 4.78 is 2.18. The predicted octanol–water partition coefficient (Wildman–Crippen LogP) is 3.35. The second kappa shape index (κ2) is 4.22. The van der Waals surface area contributed by atoms with Crippen molar-refractivity contribution < 1.29 is 0 Å². The Morgan fingerprint density at radius 1 is 1.00 bits per heavy atom. The van der Waals surface area contributed by atoms with Crippen LogP contribution in [0.15, 0.2) is 54.7 Å². The number of nitrogens with zero attached hydrogens (tertiary/aromatic N) is 1. The van der Waals surface area contributed by atoms with Crippen LogP contribution in [0.2, 0.25) is 0 Å². The van der Waals surface area contributed by atoms with Crippen molar-refractivity contribution in [1.29, 1.82) is 0 Å². The Morgan fingerprint density at radius 2 is 1.72 bits per heavy atom. The molecule has 0 atom stereocenters. The lowest BCUT2D eigenvalue weighted by Crippen LogP contribution is -1.89. The Labute approximate surface area is 107 Å². The molecule has 1 aromatic heterocycles. The topological polar surface area (TPSA) is 30.9 Å². The van der Waals surface area contributed by atoms with Gasteiger partial charge >= 0.3 is 0 Å². The normalized spacial score (nSPS) is 10.9. The van der Waals surface area contributed by atoms with E-state index >= 15 is 0 Å². The van der Waals surface area contributed by atoms with Gasteiger partial charge in [0.2, 0.25) is 0 Å². The standard InChI is InChI=1S/C16H16N2/c1-18-11-13(15-4-2-3-5-16(15)18)10-12-6-8-14(17)9-7-12/h2-9,11H,10,17H2,1H3. The SMILES string of the molecule is Cn1cc(Cc2ccc(N)cc2)c2ccccc21. The zero-order chi connectivity index (χ0) is 12.5. The summed E-state index contributed by atoms with van der Waals surface area (Å²) in [5, 5.41) is 1.33. The molecule has 1 heterocycles. The van der Waals surface area contributed by atoms with Crippen molar-refractivity contribution in [1.82, 2.24) is 4.57 Å². The number of rotatable bonds is 2. The molecule has 2 aromatic carbocycles. The Hall–Kier alpha value is -2.22. The van der Waals surface area contributed by atoms with Crippen LogP contribution in [0.3, 0.4) is 0 Å². The van der Waals surface area contributed by atoms with Crippen molar-refractivity contribution in [2.75, 3.05) is 5.73 Å². The number of hydrogen-bond donors (Lipinski definition) is 1. The van der Waals surface area contributed by atoms with E-state index in [1.807, 2.05) is 12.1 Å². The molecule has 0 saturated carbocycles. The molecule has 3 aromatic rings. The van der Waals surface area contributed by atoms with Crippen molar-refractivity contribution in [2.24, 2.45) is 7.05 Å². The van der Waals surface area contributed by atoms with E-state index in [1.165, 1.54) is 22.0 Å². The highest BCUT2D eigenvalue weighted by Gasteiger charge is 2.06. The number of aromatic nitrogens is 1. The summed E-state index contributed by atoms with van der Waals surface area (Å²) in [6.07, 6.45) is 3.16. The van der Waals surface area contributed by atoms with Crippen LogP contribution in [0.5, 0.6) is 0 Å². The van der Waals surface area contributed by atoms with Crippen LogP contribution < -0.4 is 5.73 Å². The lowest BCUT2D eigenvalue weighted by molar-refractivity contribution is 0.958. The van der Waals surface area contributed by atoms with E-state index in [-0.39, 0.29) is 0 Å². The van der Waals surface area contributed by atoms with E-state index < -0.39 is 0 Å². The molecule has 0 bridgehead atoms. The summed E-state index contributed by atoms with van der Waals surface area (Å²) in [4.78, 5) is 0. The minimum atomic E-state index is 0.816. The molecular formula is C16H16N2. The molecule has 18 heavy (non-hydrogen) atoms. The number of hydrogen-bond acceptors (Lipinski definition) is 1. The van der Waals surface area contributed by atoms with Crippen LogP contribution in [0.25, 0.3) is 10.9 Å². The highest BCUT2D eigenvalue weighted by atomic mass is 14.9. The second-order valence-electron chi connectivity index (χ2n) is 4.70. The summed E-state index contributed by atoms with van der Waals surface area (Å²) in [5.74, 6) is 0. The van der Waals surface area contributed by atoms with Crippen molar-refractivity contribution in [2.45, 2.75) is 6.42 Å². The zero-order valence-corrected chi connectivity index (χ0v) is 10.4. The molecule has 0 unspecified atom stereocenters. The van der Waals surface area contributed by atoms with Crippen molar-refractivity contribution in [3.8, 4) is 0 Å². The van der Waals surface area contributed by atoms with E-state index in [2.05, 4.69) is 54.2 Å². The van der Waals surface area contributed by atoms with Gasteiger partial charge in [0.1, 0.15) is 0 Å². The molecule has 0 aliphatic heterocycles. The lowest BCUT2D eigenvalue weighted by atomic mass is 10.0. The van der Waals surface area contributed by atoms with Crippen LogP contribution in [0, 0.1) is 0 Å². The molecule has 2 heteroatoms. The Balaban J connectivity index is 2.02. The molecule has 3 rings (SSSR count). The minimum absolute atomic E-state index is 0.816. The third-order valence-corrected chi connectivity index (χ3v) is 3.35. The highest BCUT2D eigenvalue weighted by Crippen LogP contribution is 2.23. The number of para-hydroxylation sites is 1. The van der Waals surface area contributed by atoms with Gasteiger partial charge in [0.15, 0.2) is 0 Å². The number of anilines is 1. The fraction of sp³-hybridized carbons (Fsp3) is 0.125. The van der Waals surface area contributed by atoms with Crippen molar-refractivity contribution in [3.05, 3.63) is 65.9 Å². The Morgan fingerprint density at radius 3 is 2.50 bits per heavy atom. The monoisotopic (exact) mass is 236 g/mol. The number of benzene rings is 2. The van der Waals surface area contributed by atoms with E-state index in [0.717, 1.165) is 12.1 Å². The van der Waals surface area contributed by atoms with Crippen LogP contribution >= 0.6 is 0 Å². The maximum absolute atomic E-state index is 5.71. The van der Waals surface area contributed by atoms with E-state index in [0.29, 0.717) is 0 Å². The molecule has 0 aliphatic rings. The average Bonchev–Trinajstić information content (AvgIpc) is 2.70. The summed E-state index contributed by atoms with van der Waals surface area (Å²) in [5.41, 5.74) is 10.5. The highest BCUT2D eigenvalue weighted by molar-refractivity contribution is 5.84. The number of fused-ring (bicyclic) bond motifs is 1. The summed E-state index contributed by atoms with van der Waals surface area (Å²) in [7, 11) is 2.09. The zero-order valence-electron chi connectivity index (χ0n) is 10.4. The van der Waals surface area contributed by atoms with Gasteiger partial charge in [-0.2, -0.15) is 0 Å². The largest absolute Gasteiger partial charge is 0.399 e. The first-order chi connectivity index (χ1) is 8.74. The number of nitrogen functional groups attached to an aromatic ring is 1. The van der Waals surface area contributed by atoms with Gasteiger partial charge in [0.25, 0.3) is 0 Å². The quantitative estimate of drug-likeness (QED) is 0.680. The number of nitrogens with two attached hydrogens (primary N) is 1. The minimum Gasteiger partial charge on any atom is -0.399 e. The van der Waals surface area contributed by atoms with Gasteiger partial charge in [0.05, 0.1) is 0 Å². The molecule has 0 fully saturated rings. The van der Waals surface area contributed by atoms with Crippen LogP contribution in [0.1, 0.15) is 11.1 Å². The third kappa shape index (κ3) is 1.86. The Bertz CT molecular complexity index is 678. The molecule has 0 amide bonds. The first-order valence-corrected chi connectivity index (χ1v) is 6.11.